The van der Waals surface area contributed by atoms with Gasteiger partial charge >= 0.3 is 17.8 Å². The number of benzene rings is 2. The first-order valence-electron chi connectivity index (χ1n) is 11.6. The lowest BCUT2D eigenvalue weighted by Crippen LogP contribution is -2.61. The van der Waals surface area contributed by atoms with Crippen LogP contribution in [-0.4, -0.2) is 52.2 Å². The van der Waals surface area contributed by atoms with Gasteiger partial charge in [0.2, 0.25) is 0 Å². The van der Waals surface area contributed by atoms with Gasteiger partial charge < -0.3 is 19.3 Å². The van der Waals surface area contributed by atoms with E-state index in [9.17, 15) is 14.7 Å². The third-order valence-electron chi connectivity index (χ3n) is 6.37. The molecule has 8 nitrogen and oxygen atoms in total. The number of carbonyl (C=O) groups is 2. The number of aromatic nitrogens is 1. The molecular weight excluding hydrogens is 448 g/mol. The summed E-state index contributed by atoms with van der Waals surface area (Å²) in [7, 11) is 0. The number of nitrogens with zero attached hydrogens (tertiary/aromatic N) is 2. The maximum absolute atomic E-state index is 12.4. The Morgan fingerprint density at radius 1 is 1.06 bits per heavy atom. The highest BCUT2D eigenvalue weighted by atomic mass is 16.8. The fourth-order valence-electron chi connectivity index (χ4n) is 4.66. The van der Waals surface area contributed by atoms with Crippen molar-refractivity contribution < 1.29 is 28.9 Å². The Kier molecular flexibility index (Phi) is 6.48. The molecule has 0 radical (unpaired) electrons. The van der Waals surface area contributed by atoms with Gasteiger partial charge in [-0.3, -0.25) is 4.98 Å². The van der Waals surface area contributed by atoms with Crippen LogP contribution in [0.1, 0.15) is 30.7 Å². The number of ether oxygens (including phenoxy) is 3. The summed E-state index contributed by atoms with van der Waals surface area (Å²) >= 11 is 0. The summed E-state index contributed by atoms with van der Waals surface area (Å²) in [6.45, 7) is 0.570. The Balaban J connectivity index is 1.38. The van der Waals surface area contributed by atoms with E-state index < -0.39 is 24.1 Å². The molecule has 1 N–H and O–H groups in total. The van der Waals surface area contributed by atoms with Crippen LogP contribution < -0.4 is 4.74 Å². The van der Waals surface area contributed by atoms with Gasteiger partial charge in [0.05, 0.1) is 12.1 Å². The average Bonchev–Trinajstić information content (AvgIpc) is 3.01. The number of fused-ring (bicyclic) bond motifs is 1. The molecule has 2 unspecified atom stereocenters. The zero-order valence-corrected chi connectivity index (χ0v) is 19.1. The third kappa shape index (κ3) is 5.03. The van der Waals surface area contributed by atoms with Crippen molar-refractivity contribution in [2.24, 2.45) is 0 Å². The highest BCUT2D eigenvalue weighted by Gasteiger charge is 2.52. The maximum Gasteiger partial charge on any atom is 0.335 e. The molecule has 3 heterocycles. The number of rotatable bonds is 6. The summed E-state index contributed by atoms with van der Waals surface area (Å²) in [5.74, 6) is -2.56. The van der Waals surface area contributed by atoms with E-state index in [4.69, 9.17) is 14.2 Å². The van der Waals surface area contributed by atoms with Crippen LogP contribution in [0.4, 0.5) is 0 Å². The second-order valence-corrected chi connectivity index (χ2v) is 8.66. The minimum absolute atomic E-state index is 0.102. The van der Waals surface area contributed by atoms with Gasteiger partial charge in [-0.2, -0.15) is 0 Å². The van der Waals surface area contributed by atoms with Crippen molar-refractivity contribution >= 4 is 22.8 Å². The topological polar surface area (TPSA) is 98.2 Å². The lowest BCUT2D eigenvalue weighted by Gasteiger charge is -2.47. The van der Waals surface area contributed by atoms with Crippen LogP contribution in [0.25, 0.3) is 10.9 Å². The van der Waals surface area contributed by atoms with Crippen LogP contribution in [0.3, 0.4) is 0 Å². The summed E-state index contributed by atoms with van der Waals surface area (Å²) in [4.78, 5) is 30.9. The molecule has 1 saturated heterocycles. The van der Waals surface area contributed by atoms with Crippen molar-refractivity contribution in [1.29, 1.82) is 0 Å². The van der Waals surface area contributed by atoms with Crippen molar-refractivity contribution in [2.75, 3.05) is 13.2 Å². The molecule has 2 aliphatic rings. The first-order valence-corrected chi connectivity index (χ1v) is 11.6. The second kappa shape index (κ2) is 9.85. The fraction of sp³-hybridized carbons (Fsp3) is 0.296. The highest BCUT2D eigenvalue weighted by Crippen LogP contribution is 2.42. The number of hydrogen-bond donors (Lipinski definition) is 1. The van der Waals surface area contributed by atoms with E-state index in [-0.39, 0.29) is 25.4 Å². The Hall–Kier alpha value is -3.75. The number of esters is 2. The van der Waals surface area contributed by atoms with Gasteiger partial charge in [0.15, 0.2) is 0 Å². The molecule has 2 atom stereocenters. The molecule has 1 aromatic heterocycles. The number of pyridine rings is 1. The average molecular weight is 475 g/mol. The molecule has 1 spiro atoms. The number of likely N-dealkylation sites (tertiary alicyclic amines) is 1. The van der Waals surface area contributed by atoms with Crippen LogP contribution in [-0.2, 0) is 19.1 Å². The van der Waals surface area contributed by atoms with E-state index in [2.05, 4.69) is 11.1 Å². The van der Waals surface area contributed by atoms with Gasteiger partial charge in [0, 0.05) is 43.1 Å². The predicted octanol–water partition coefficient (Wildman–Crippen LogP) is 3.51. The molecule has 3 aromatic rings. The summed E-state index contributed by atoms with van der Waals surface area (Å²) < 4.78 is 17.1. The van der Waals surface area contributed by atoms with Gasteiger partial charge in [0.1, 0.15) is 12.0 Å². The number of aliphatic hydroxyl groups excluding tert-OH is 1. The van der Waals surface area contributed by atoms with E-state index in [1.165, 1.54) is 4.90 Å². The Bertz CT molecular complexity index is 1220. The first kappa shape index (κ1) is 23.0. The molecule has 0 aliphatic carbocycles. The number of para-hydroxylation sites is 2. The largest absolute Gasteiger partial charge is 0.493 e. The van der Waals surface area contributed by atoms with Crippen molar-refractivity contribution in [3.8, 4) is 5.75 Å². The van der Waals surface area contributed by atoms with E-state index in [0.29, 0.717) is 18.7 Å². The predicted molar refractivity (Wildman–Crippen MR) is 127 cm³/mol. The van der Waals surface area contributed by atoms with Crippen molar-refractivity contribution in [3.63, 3.8) is 0 Å². The molecule has 8 heteroatoms. The lowest BCUT2D eigenvalue weighted by molar-refractivity contribution is -0.321. The zero-order valence-electron chi connectivity index (χ0n) is 19.1. The molecule has 0 amide bonds. The molecule has 180 valence electrons. The van der Waals surface area contributed by atoms with E-state index in [0.717, 1.165) is 28.6 Å². The number of carbonyl (C=O) groups excluding carboxylic acids is 2. The summed E-state index contributed by atoms with van der Waals surface area (Å²) in [6.07, 6.45) is 3.88. The number of aliphatic hydroxyl groups is 1. The van der Waals surface area contributed by atoms with Gasteiger partial charge in [-0.05, 0) is 42.2 Å². The van der Waals surface area contributed by atoms with E-state index >= 15 is 0 Å². The normalized spacial score (nSPS) is 20.8. The Labute approximate surface area is 202 Å². The molecule has 2 aromatic carbocycles. The first-order chi connectivity index (χ1) is 17.0. The Morgan fingerprint density at radius 2 is 1.77 bits per heavy atom. The van der Waals surface area contributed by atoms with Crippen LogP contribution in [0.5, 0.6) is 5.75 Å². The van der Waals surface area contributed by atoms with Crippen LogP contribution in [0, 0.1) is 0 Å². The smallest absolute Gasteiger partial charge is 0.335 e. The molecule has 1 fully saturated rings. The fourth-order valence-corrected chi connectivity index (χ4v) is 4.66. The minimum Gasteiger partial charge on any atom is -0.493 e. The van der Waals surface area contributed by atoms with Crippen molar-refractivity contribution in [3.05, 3.63) is 84.6 Å². The molecule has 5 rings (SSSR count). The zero-order chi connectivity index (χ0) is 24.3. The number of piperidine rings is 1. The summed E-state index contributed by atoms with van der Waals surface area (Å²) in [5, 5.41) is 12.1. The van der Waals surface area contributed by atoms with E-state index in [1.807, 2.05) is 54.6 Å². The summed E-state index contributed by atoms with van der Waals surface area (Å²) in [5.41, 5.74) is 1.84. The van der Waals surface area contributed by atoms with Gasteiger partial charge in [-0.25, -0.2) is 14.5 Å². The maximum atomic E-state index is 12.4. The summed E-state index contributed by atoms with van der Waals surface area (Å²) in [6, 6.07) is 19.2. The molecule has 0 saturated carbocycles. The van der Waals surface area contributed by atoms with E-state index in [1.54, 1.807) is 6.20 Å². The minimum atomic E-state index is -1.74. The molecule has 2 aliphatic heterocycles. The van der Waals surface area contributed by atoms with Crippen LogP contribution in [0.2, 0.25) is 0 Å². The van der Waals surface area contributed by atoms with Crippen molar-refractivity contribution in [2.45, 2.75) is 37.3 Å². The molecule has 0 bridgehead atoms. The van der Waals surface area contributed by atoms with Gasteiger partial charge in [-0.15, -0.1) is 0 Å². The van der Waals surface area contributed by atoms with Crippen LogP contribution >= 0.6 is 0 Å². The monoisotopic (exact) mass is 474 g/mol. The quantitative estimate of drug-likeness (QED) is 0.542. The SMILES string of the molecule is O=C1C=CC(=O)OC2(CC(c3cnc4ccccc4c3)CCN2C(O)CCOc2ccccc2)O1. The van der Waals surface area contributed by atoms with Gasteiger partial charge in [0.25, 0.3) is 0 Å². The Morgan fingerprint density at radius 3 is 2.54 bits per heavy atom. The number of hydrogen-bond acceptors (Lipinski definition) is 8. The standard InChI is InChI=1S/C27H26N2O6/c30-24(13-15-33-22-7-2-1-3-8-22)29-14-12-20(17-27(29)34-25(31)10-11-26(32)35-27)21-16-19-6-4-5-9-23(19)28-18-21/h1-11,16,18,20,24,30H,12-15,17H2. The lowest BCUT2D eigenvalue weighted by atomic mass is 9.87. The molecule has 35 heavy (non-hydrogen) atoms. The van der Waals surface area contributed by atoms with Crippen LogP contribution in [0.15, 0.2) is 79.0 Å². The molecular formula is C27H26N2O6. The van der Waals surface area contributed by atoms with Crippen molar-refractivity contribution in [1.82, 2.24) is 9.88 Å². The van der Waals surface area contributed by atoms with Gasteiger partial charge in [-0.1, -0.05) is 36.4 Å². The highest BCUT2D eigenvalue weighted by molar-refractivity contribution is 5.93. The second-order valence-electron chi connectivity index (χ2n) is 8.66. The third-order valence-corrected chi connectivity index (χ3v) is 6.37.